The molecular formula is C56H97B2N3O19S2. The Hall–Kier alpha value is -3.56. The Labute approximate surface area is 495 Å². The van der Waals surface area contributed by atoms with E-state index in [4.69, 9.17) is 33.2 Å². The van der Waals surface area contributed by atoms with Crippen molar-refractivity contribution in [3.63, 3.8) is 0 Å². The molecule has 0 spiro atoms. The zero-order valence-corrected chi connectivity index (χ0v) is 52.4. The fourth-order valence-electron chi connectivity index (χ4n) is 10.1. The molecule has 22 nitrogen and oxygen atoms in total. The van der Waals surface area contributed by atoms with E-state index >= 15 is 0 Å². The molecule has 26 heteroatoms. The van der Waals surface area contributed by atoms with E-state index in [1.54, 1.807) is 60.7 Å². The largest absolute Gasteiger partial charge is 0.481 e. The maximum atomic E-state index is 15.0. The highest BCUT2D eigenvalue weighted by Gasteiger charge is 2.54. The monoisotopic (exact) mass is 1200 g/mol. The normalized spacial score (nSPS) is 22.0. The minimum atomic E-state index is -1.61. The van der Waals surface area contributed by atoms with Crippen molar-refractivity contribution in [2.24, 2.45) is 21.7 Å². The van der Waals surface area contributed by atoms with E-state index in [1.165, 1.54) is 28.5 Å². The quantitative estimate of drug-likeness (QED) is 0.0158. The van der Waals surface area contributed by atoms with E-state index in [9.17, 15) is 59.4 Å². The van der Waals surface area contributed by atoms with Gasteiger partial charge in [0.05, 0.1) is 55.4 Å². The van der Waals surface area contributed by atoms with Crippen molar-refractivity contribution in [3.8, 4) is 0 Å². The maximum absolute atomic E-state index is 15.0. The van der Waals surface area contributed by atoms with Crippen LogP contribution in [-0.4, -0.2) is 213 Å². The molecule has 0 radical (unpaired) electrons. The number of nitrogens with zero attached hydrogens (tertiary/aromatic N) is 2. The smallest absolute Gasteiger partial charge is 0.311 e. The predicted octanol–water partition coefficient (Wildman–Crippen LogP) is 4.24. The van der Waals surface area contributed by atoms with Gasteiger partial charge >= 0.3 is 29.8 Å². The lowest BCUT2D eigenvalue weighted by Gasteiger charge is -2.42. The van der Waals surface area contributed by atoms with Crippen LogP contribution >= 0.6 is 21.6 Å². The standard InChI is InChI=1S/C56H97B2N3O19S2/c1-13-16-23-76-47(70)52(6,33-51(5,20-14-2)46(68)69)34-54(8,48(71)77-24-22-61(11)12)37-58-56(10,50(73)79-29-30-81-82-40-19-17-18-21-59-40)35-53(7,45(67)60-31-38(4)63)36-57-55(9,15-3)49(72)78-28-26-74-25-27-75-44-43(66)42(65)41(64)39(32-62)80-44/h17-19,21,38-39,41-44,57-58,62-66H,13-16,20,22-37H2,1-12H3,(H,60,67)(H,68,69)/t38-,39-,41+,42+,43-,44-,51?,52?,53?,54?,55?,56?/m1/s1. The number of ether oxygens (including phenoxy) is 7. The number of carbonyl (C=O) groups excluding carboxylic acids is 5. The summed E-state index contributed by atoms with van der Waals surface area (Å²) in [7, 11) is 6.47. The Kier molecular flexibility index (Phi) is 32.5. The molecule has 1 saturated heterocycles. The second kappa shape index (κ2) is 35.8. The fourth-order valence-corrected chi connectivity index (χ4v) is 11.8. The molecule has 468 valence electrons. The SMILES string of the molecule is CCCCOC(=O)C(C)(CC(C)(CCC)C(=O)O)CC(C)(CBC(C)(CC(C)(CBC(C)(CC)C(=O)OCCOCCO[C@@H]1O[C@H](CO)[C@H](O)[C@H](O)[C@H]1O)C(=O)NC[C@@H](C)O)C(=O)OCCSSc1ccccn1)C(=O)OCCN(C)C. The number of unbranched alkanes of at least 4 members (excludes halogenated alkanes) is 1. The number of aliphatic hydroxyl groups excluding tert-OH is 5. The number of likely N-dealkylation sites (N-methyl/N-ethyl adjacent to an activating group) is 1. The van der Waals surface area contributed by atoms with Crippen LogP contribution < -0.4 is 5.32 Å². The number of aromatic nitrogens is 1. The minimum Gasteiger partial charge on any atom is -0.481 e. The van der Waals surface area contributed by atoms with E-state index < -0.39 is 111 Å². The Morgan fingerprint density at radius 2 is 1.33 bits per heavy atom. The number of hydrogen-bond acceptors (Lipinski definition) is 22. The van der Waals surface area contributed by atoms with Crippen LogP contribution in [0.5, 0.6) is 0 Å². The van der Waals surface area contributed by atoms with Crippen LogP contribution in [0, 0.1) is 21.7 Å². The molecule has 1 aliphatic rings. The van der Waals surface area contributed by atoms with Crippen LogP contribution in [0.25, 0.3) is 0 Å². The summed E-state index contributed by atoms with van der Waals surface area (Å²) >= 11 is 0. The molecule has 2 rings (SSSR count). The number of pyridine rings is 1. The summed E-state index contributed by atoms with van der Waals surface area (Å²) < 4.78 is 40.0. The summed E-state index contributed by atoms with van der Waals surface area (Å²) in [6, 6.07) is 5.51. The molecule has 0 aromatic carbocycles. The van der Waals surface area contributed by atoms with Crippen molar-refractivity contribution in [1.29, 1.82) is 0 Å². The van der Waals surface area contributed by atoms with Crippen LogP contribution in [-0.2, 0) is 61.9 Å². The number of nitrogens with one attached hydrogen (secondary N) is 1. The molecule has 1 fully saturated rings. The molecule has 0 aliphatic carbocycles. The van der Waals surface area contributed by atoms with Crippen LogP contribution in [0.3, 0.4) is 0 Å². The Bertz CT molecular complexity index is 2130. The number of hydrogen-bond donors (Lipinski definition) is 7. The van der Waals surface area contributed by atoms with E-state index in [2.05, 4.69) is 10.3 Å². The van der Waals surface area contributed by atoms with Gasteiger partial charge < -0.3 is 74.0 Å². The van der Waals surface area contributed by atoms with Crippen LogP contribution in [0.1, 0.15) is 121 Å². The lowest BCUT2D eigenvalue weighted by molar-refractivity contribution is -0.302. The van der Waals surface area contributed by atoms with Crippen molar-refractivity contribution in [2.45, 2.75) is 186 Å². The Balaban J connectivity index is 2.59. The molecular weight excluding hydrogens is 1100 g/mol. The third-order valence-corrected chi connectivity index (χ3v) is 17.7. The van der Waals surface area contributed by atoms with Crippen molar-refractivity contribution in [2.75, 3.05) is 85.8 Å². The number of aliphatic hydroxyl groups is 5. The highest BCUT2D eigenvalue weighted by Crippen LogP contribution is 2.51. The number of esters is 4. The van der Waals surface area contributed by atoms with E-state index in [-0.39, 0.29) is 112 Å². The summed E-state index contributed by atoms with van der Waals surface area (Å²) in [5.74, 6) is -3.84. The fraction of sp³-hybridized carbons (Fsp3) is 0.804. The highest BCUT2D eigenvalue weighted by molar-refractivity contribution is 8.76. The van der Waals surface area contributed by atoms with Crippen LogP contribution in [0.4, 0.5) is 0 Å². The van der Waals surface area contributed by atoms with E-state index in [0.29, 0.717) is 25.1 Å². The molecule has 1 amide bonds. The number of carboxylic acid groups (broad SMARTS) is 1. The molecule has 2 heterocycles. The van der Waals surface area contributed by atoms with Crippen LogP contribution in [0.2, 0.25) is 23.3 Å². The molecule has 1 aliphatic heterocycles. The molecule has 6 unspecified atom stereocenters. The summed E-state index contributed by atoms with van der Waals surface area (Å²) in [6.07, 6.45) is -4.78. The van der Waals surface area contributed by atoms with Gasteiger partial charge in [0.15, 0.2) is 6.29 Å². The number of aliphatic carboxylic acids is 1. The van der Waals surface area contributed by atoms with Gasteiger partial charge in [-0.05, 0) is 103 Å². The summed E-state index contributed by atoms with van der Waals surface area (Å²) in [4.78, 5) is 92.0. The lowest BCUT2D eigenvalue weighted by atomic mass is 9.40. The first kappa shape index (κ1) is 74.5. The number of amides is 1. The van der Waals surface area contributed by atoms with Crippen molar-refractivity contribution < 1.29 is 92.6 Å². The minimum absolute atomic E-state index is 0.00802. The first-order valence-corrected chi connectivity index (χ1v) is 31.0. The average Bonchev–Trinajstić information content (AvgIpc) is 3.62. The van der Waals surface area contributed by atoms with Gasteiger partial charge in [0.1, 0.15) is 63.8 Å². The second-order valence-corrected chi connectivity index (χ2v) is 26.3. The maximum Gasteiger partial charge on any atom is 0.311 e. The third-order valence-electron chi connectivity index (χ3n) is 15.5. The lowest BCUT2D eigenvalue weighted by Crippen LogP contribution is -2.59. The number of rotatable bonds is 42. The predicted molar refractivity (Wildman–Crippen MR) is 315 cm³/mol. The summed E-state index contributed by atoms with van der Waals surface area (Å²) in [6.45, 7) is 16.3. The van der Waals surface area contributed by atoms with Crippen molar-refractivity contribution in [1.82, 2.24) is 15.2 Å². The third kappa shape index (κ3) is 23.7. The van der Waals surface area contributed by atoms with Gasteiger partial charge in [-0.15, -0.1) is 0 Å². The highest BCUT2D eigenvalue weighted by atomic mass is 33.1. The van der Waals surface area contributed by atoms with Crippen molar-refractivity contribution >= 4 is 71.9 Å². The van der Waals surface area contributed by atoms with Gasteiger partial charge in [-0.3, -0.25) is 28.8 Å². The van der Waals surface area contributed by atoms with Crippen molar-refractivity contribution in [3.05, 3.63) is 24.4 Å². The molecule has 1 aromatic heterocycles. The summed E-state index contributed by atoms with van der Waals surface area (Å²) in [5, 5.41) is 61.6. The first-order chi connectivity index (χ1) is 38.4. The van der Waals surface area contributed by atoms with Crippen LogP contribution in [0.15, 0.2) is 29.4 Å². The second-order valence-electron chi connectivity index (χ2n) is 23.8. The number of carbonyl (C=O) groups is 6. The average molecular weight is 1200 g/mol. The first-order valence-electron chi connectivity index (χ1n) is 28.7. The zero-order valence-electron chi connectivity index (χ0n) is 50.7. The topological polar surface area (TPSA) is 317 Å². The molecule has 0 saturated carbocycles. The van der Waals surface area contributed by atoms with E-state index in [0.717, 1.165) is 11.4 Å². The van der Waals surface area contributed by atoms with Gasteiger partial charge in [0.2, 0.25) is 5.91 Å². The van der Waals surface area contributed by atoms with E-state index in [1.807, 2.05) is 45.0 Å². The molecule has 0 bridgehead atoms. The van der Waals surface area contributed by atoms with Gasteiger partial charge in [-0.25, -0.2) is 4.98 Å². The summed E-state index contributed by atoms with van der Waals surface area (Å²) in [5.41, 5.74) is -5.93. The van der Waals surface area contributed by atoms with Gasteiger partial charge in [0.25, 0.3) is 0 Å². The Morgan fingerprint density at radius 1 is 0.732 bits per heavy atom. The number of carboxylic acids is 1. The van der Waals surface area contributed by atoms with Gasteiger partial charge in [-0.2, -0.15) is 0 Å². The molecule has 12 atom stereocenters. The zero-order chi connectivity index (χ0) is 62.0. The van der Waals surface area contributed by atoms with Gasteiger partial charge in [-0.1, -0.05) is 83.9 Å². The van der Waals surface area contributed by atoms with Gasteiger partial charge in [0, 0.05) is 41.1 Å². The molecule has 7 N–H and O–H groups in total. The molecule has 82 heavy (non-hydrogen) atoms. The Morgan fingerprint density at radius 3 is 1.93 bits per heavy atom. The molecule has 1 aromatic rings.